The fraction of sp³-hybridized carbons (Fsp3) is 0.333. The van der Waals surface area contributed by atoms with Gasteiger partial charge in [0, 0.05) is 31.0 Å². The van der Waals surface area contributed by atoms with E-state index in [2.05, 4.69) is 15.1 Å². The molecule has 3 aromatic rings. The summed E-state index contributed by atoms with van der Waals surface area (Å²) in [7, 11) is 0. The number of pyridine rings is 1. The Kier molecular flexibility index (Phi) is 4.74. The predicted molar refractivity (Wildman–Crippen MR) is 90.0 cm³/mol. The number of rotatable bonds is 5. The van der Waals surface area contributed by atoms with Crippen LogP contribution in [0.1, 0.15) is 29.1 Å². The summed E-state index contributed by atoms with van der Waals surface area (Å²) in [5.41, 5.74) is 1.35. The van der Waals surface area contributed by atoms with Crippen molar-refractivity contribution in [1.29, 1.82) is 0 Å². The number of carbonyl (C=O) groups excluding carboxylic acids is 1. The molecular weight excluding hydrogens is 336 g/mol. The van der Waals surface area contributed by atoms with E-state index in [1.54, 1.807) is 23.4 Å². The van der Waals surface area contributed by atoms with Crippen molar-refractivity contribution in [3.8, 4) is 11.4 Å². The van der Waals surface area contributed by atoms with Crippen LogP contribution in [0.2, 0.25) is 0 Å². The standard InChI is InChI=1S/C18H18N4O4/c23-18(14-5-8-24-11-14)22-7-2-4-15(10-22)25-12-16-20-17(21-26-16)13-3-1-6-19-9-13/h1,3,5-6,8-9,11,15H,2,4,7,10,12H2/t15-/m1/s1. The zero-order chi connectivity index (χ0) is 17.8. The van der Waals surface area contributed by atoms with Crippen LogP contribution >= 0.6 is 0 Å². The van der Waals surface area contributed by atoms with E-state index in [0.29, 0.717) is 23.8 Å². The lowest BCUT2D eigenvalue weighted by Gasteiger charge is -2.32. The Morgan fingerprint density at radius 2 is 2.35 bits per heavy atom. The number of piperidine rings is 1. The highest BCUT2D eigenvalue weighted by molar-refractivity contribution is 5.93. The van der Waals surface area contributed by atoms with E-state index in [9.17, 15) is 4.79 Å². The van der Waals surface area contributed by atoms with Gasteiger partial charge in [0.05, 0.1) is 17.9 Å². The zero-order valence-electron chi connectivity index (χ0n) is 14.1. The number of hydrogen-bond acceptors (Lipinski definition) is 7. The first-order chi connectivity index (χ1) is 12.8. The van der Waals surface area contributed by atoms with Gasteiger partial charge in [0.1, 0.15) is 12.9 Å². The molecule has 3 aromatic heterocycles. The lowest BCUT2D eigenvalue weighted by molar-refractivity contribution is -0.0153. The molecule has 1 aliphatic heterocycles. The van der Waals surface area contributed by atoms with Crippen LogP contribution in [0.5, 0.6) is 0 Å². The van der Waals surface area contributed by atoms with Gasteiger partial charge in [0.15, 0.2) is 0 Å². The molecule has 0 unspecified atom stereocenters. The molecule has 4 rings (SSSR count). The van der Waals surface area contributed by atoms with E-state index in [4.69, 9.17) is 13.7 Å². The second kappa shape index (κ2) is 7.49. The van der Waals surface area contributed by atoms with E-state index in [1.807, 2.05) is 12.1 Å². The molecule has 0 aromatic carbocycles. The Morgan fingerprint density at radius 3 is 3.15 bits per heavy atom. The molecule has 4 heterocycles. The minimum absolute atomic E-state index is 0.0382. The van der Waals surface area contributed by atoms with Crippen LogP contribution in [0, 0.1) is 0 Å². The smallest absolute Gasteiger partial charge is 0.257 e. The van der Waals surface area contributed by atoms with Crippen molar-refractivity contribution in [2.24, 2.45) is 0 Å². The molecule has 0 radical (unpaired) electrons. The Bertz CT molecular complexity index is 847. The van der Waals surface area contributed by atoms with E-state index in [1.165, 1.54) is 12.5 Å². The van der Waals surface area contributed by atoms with Crippen molar-refractivity contribution in [3.05, 3.63) is 54.6 Å². The summed E-state index contributed by atoms with van der Waals surface area (Å²) in [6, 6.07) is 5.35. The monoisotopic (exact) mass is 354 g/mol. The van der Waals surface area contributed by atoms with Gasteiger partial charge in [-0.3, -0.25) is 9.78 Å². The van der Waals surface area contributed by atoms with Crippen molar-refractivity contribution in [3.63, 3.8) is 0 Å². The van der Waals surface area contributed by atoms with Crippen molar-refractivity contribution < 1.29 is 18.5 Å². The Hall–Kier alpha value is -3.00. The fourth-order valence-electron chi connectivity index (χ4n) is 2.94. The number of carbonyl (C=O) groups is 1. The largest absolute Gasteiger partial charge is 0.472 e. The molecule has 0 N–H and O–H groups in total. The highest BCUT2D eigenvalue weighted by Gasteiger charge is 2.26. The molecular formula is C18H18N4O4. The SMILES string of the molecule is O=C(c1ccoc1)N1CCC[C@@H](OCc2nc(-c3cccnc3)no2)C1. The first-order valence-electron chi connectivity index (χ1n) is 8.45. The van der Waals surface area contributed by atoms with Gasteiger partial charge in [0.25, 0.3) is 11.8 Å². The van der Waals surface area contributed by atoms with Crippen LogP contribution < -0.4 is 0 Å². The van der Waals surface area contributed by atoms with Crippen LogP contribution in [-0.4, -0.2) is 45.1 Å². The van der Waals surface area contributed by atoms with Crippen LogP contribution in [-0.2, 0) is 11.3 Å². The van der Waals surface area contributed by atoms with Crippen LogP contribution in [0.15, 0.2) is 52.1 Å². The maximum absolute atomic E-state index is 12.4. The number of nitrogens with zero attached hydrogens (tertiary/aromatic N) is 4. The zero-order valence-corrected chi connectivity index (χ0v) is 14.1. The van der Waals surface area contributed by atoms with E-state index >= 15 is 0 Å². The number of likely N-dealkylation sites (tertiary alicyclic amines) is 1. The first-order valence-corrected chi connectivity index (χ1v) is 8.45. The number of furan rings is 1. The molecule has 26 heavy (non-hydrogen) atoms. The molecule has 1 amide bonds. The summed E-state index contributed by atoms with van der Waals surface area (Å²) in [5.74, 6) is 0.850. The van der Waals surface area contributed by atoms with Crippen molar-refractivity contribution >= 4 is 5.91 Å². The molecule has 1 fully saturated rings. The number of ether oxygens (including phenoxy) is 1. The Balaban J connectivity index is 1.33. The fourth-order valence-corrected chi connectivity index (χ4v) is 2.94. The van der Waals surface area contributed by atoms with Gasteiger partial charge in [-0.2, -0.15) is 4.98 Å². The molecule has 8 heteroatoms. The van der Waals surface area contributed by atoms with Crippen LogP contribution in [0.3, 0.4) is 0 Å². The first kappa shape index (κ1) is 16.5. The number of amides is 1. The number of hydrogen-bond donors (Lipinski definition) is 0. The molecule has 1 saturated heterocycles. The highest BCUT2D eigenvalue weighted by Crippen LogP contribution is 2.19. The minimum atomic E-state index is -0.0617. The number of aromatic nitrogens is 3. The van der Waals surface area contributed by atoms with Crippen molar-refractivity contribution in [2.75, 3.05) is 13.1 Å². The third-order valence-electron chi connectivity index (χ3n) is 4.26. The second-order valence-corrected chi connectivity index (χ2v) is 6.09. The second-order valence-electron chi connectivity index (χ2n) is 6.09. The van der Waals surface area contributed by atoms with Gasteiger partial charge < -0.3 is 18.6 Å². The summed E-state index contributed by atoms with van der Waals surface area (Å²) in [6.07, 6.45) is 8.04. The average Bonchev–Trinajstić information content (AvgIpc) is 3.39. The predicted octanol–water partition coefficient (Wildman–Crippen LogP) is 2.55. The quantitative estimate of drug-likeness (QED) is 0.695. The summed E-state index contributed by atoms with van der Waals surface area (Å²) in [5, 5.41) is 3.95. The Labute approximate surface area is 149 Å². The van der Waals surface area contributed by atoms with E-state index in [0.717, 1.165) is 24.9 Å². The molecule has 8 nitrogen and oxygen atoms in total. The maximum Gasteiger partial charge on any atom is 0.257 e. The summed E-state index contributed by atoms with van der Waals surface area (Å²) >= 11 is 0. The van der Waals surface area contributed by atoms with Gasteiger partial charge in [-0.05, 0) is 31.0 Å². The van der Waals surface area contributed by atoms with Gasteiger partial charge >= 0.3 is 0 Å². The van der Waals surface area contributed by atoms with Gasteiger partial charge in [-0.15, -0.1) is 0 Å². The van der Waals surface area contributed by atoms with Crippen LogP contribution in [0.25, 0.3) is 11.4 Å². The molecule has 1 atom stereocenters. The highest BCUT2D eigenvalue weighted by atomic mass is 16.5. The third kappa shape index (κ3) is 3.65. The summed E-state index contributed by atoms with van der Waals surface area (Å²) in [6.45, 7) is 1.47. The minimum Gasteiger partial charge on any atom is -0.472 e. The lowest BCUT2D eigenvalue weighted by Crippen LogP contribution is -2.43. The third-order valence-corrected chi connectivity index (χ3v) is 4.26. The molecule has 134 valence electrons. The van der Waals surface area contributed by atoms with Crippen LogP contribution in [0.4, 0.5) is 0 Å². The maximum atomic E-state index is 12.4. The topological polar surface area (TPSA) is 94.5 Å². The van der Waals surface area contributed by atoms with Gasteiger partial charge in [0.2, 0.25) is 5.82 Å². The van der Waals surface area contributed by atoms with Crippen molar-refractivity contribution in [1.82, 2.24) is 20.0 Å². The molecule has 0 bridgehead atoms. The van der Waals surface area contributed by atoms with Gasteiger partial charge in [-0.1, -0.05) is 5.16 Å². The molecule has 0 saturated carbocycles. The van der Waals surface area contributed by atoms with Crippen molar-refractivity contribution in [2.45, 2.75) is 25.6 Å². The normalized spacial score (nSPS) is 17.4. The lowest BCUT2D eigenvalue weighted by atomic mass is 10.1. The van der Waals surface area contributed by atoms with E-state index in [-0.39, 0.29) is 18.6 Å². The summed E-state index contributed by atoms with van der Waals surface area (Å²) < 4.78 is 16.1. The Morgan fingerprint density at radius 1 is 1.38 bits per heavy atom. The summed E-state index contributed by atoms with van der Waals surface area (Å²) in [4.78, 5) is 22.6. The molecule has 1 aliphatic rings. The molecule has 0 spiro atoms. The van der Waals surface area contributed by atoms with Gasteiger partial charge in [-0.25, -0.2) is 0 Å². The molecule has 0 aliphatic carbocycles. The van der Waals surface area contributed by atoms with E-state index < -0.39 is 0 Å². The average molecular weight is 354 g/mol.